The molecule has 1 heterocycles. The first-order valence-electron chi connectivity index (χ1n) is 6.18. The van der Waals surface area contributed by atoms with Crippen LogP contribution < -0.4 is 5.32 Å². The predicted molar refractivity (Wildman–Crippen MR) is 64.2 cm³/mol. The van der Waals surface area contributed by atoms with Gasteiger partial charge in [0.15, 0.2) is 0 Å². The molecule has 0 radical (unpaired) electrons. The molecule has 1 rings (SSSR count). The minimum Gasteiger partial charge on any atom is -0.380 e. The van der Waals surface area contributed by atoms with E-state index < -0.39 is 0 Å². The summed E-state index contributed by atoms with van der Waals surface area (Å²) in [7, 11) is 1.82. The minimum absolute atomic E-state index is 0.480. The summed E-state index contributed by atoms with van der Waals surface area (Å²) < 4.78 is 5.34. The van der Waals surface area contributed by atoms with E-state index in [2.05, 4.69) is 24.1 Å². The molecule has 15 heavy (non-hydrogen) atoms. The highest BCUT2D eigenvalue weighted by atomic mass is 16.5. The molecule has 0 aliphatic carbocycles. The third-order valence-corrected chi connectivity index (χ3v) is 2.94. The Hall–Kier alpha value is -0.120. The van der Waals surface area contributed by atoms with Gasteiger partial charge in [-0.3, -0.25) is 0 Å². The van der Waals surface area contributed by atoms with E-state index in [4.69, 9.17) is 4.74 Å². The molecule has 0 aromatic heterocycles. The van der Waals surface area contributed by atoms with Crippen LogP contribution in [0.5, 0.6) is 0 Å². The zero-order valence-electron chi connectivity index (χ0n) is 10.5. The van der Waals surface area contributed by atoms with Crippen LogP contribution in [0.15, 0.2) is 0 Å². The first-order chi connectivity index (χ1) is 7.22. The third kappa shape index (κ3) is 5.50. The number of rotatable bonds is 7. The van der Waals surface area contributed by atoms with Crippen LogP contribution in [0.25, 0.3) is 0 Å². The van der Waals surface area contributed by atoms with E-state index in [0.29, 0.717) is 6.10 Å². The van der Waals surface area contributed by atoms with Crippen molar-refractivity contribution in [3.8, 4) is 0 Å². The Morgan fingerprint density at radius 2 is 2.27 bits per heavy atom. The highest BCUT2D eigenvalue weighted by Gasteiger charge is 2.20. The summed E-state index contributed by atoms with van der Waals surface area (Å²) in [6.07, 6.45) is 2.94. The van der Waals surface area contributed by atoms with Crippen LogP contribution in [0.1, 0.15) is 26.7 Å². The topological polar surface area (TPSA) is 24.5 Å². The van der Waals surface area contributed by atoms with Gasteiger partial charge in [-0.1, -0.05) is 13.8 Å². The van der Waals surface area contributed by atoms with Gasteiger partial charge in [0.2, 0.25) is 0 Å². The fourth-order valence-electron chi connectivity index (χ4n) is 2.01. The minimum atomic E-state index is 0.480. The van der Waals surface area contributed by atoms with Crippen LogP contribution >= 0.6 is 0 Å². The fourth-order valence-corrected chi connectivity index (χ4v) is 2.01. The lowest BCUT2D eigenvalue weighted by molar-refractivity contribution is 0.108. The van der Waals surface area contributed by atoms with Crippen LogP contribution in [0.4, 0.5) is 0 Å². The third-order valence-electron chi connectivity index (χ3n) is 2.94. The van der Waals surface area contributed by atoms with Crippen molar-refractivity contribution in [2.75, 3.05) is 39.8 Å². The molecule has 1 aliphatic rings. The highest BCUT2D eigenvalue weighted by molar-refractivity contribution is 4.75. The molecular weight excluding hydrogens is 188 g/mol. The monoisotopic (exact) mass is 214 g/mol. The Labute approximate surface area is 94.2 Å². The molecule has 1 saturated heterocycles. The van der Waals surface area contributed by atoms with Gasteiger partial charge in [0.25, 0.3) is 0 Å². The molecule has 3 heteroatoms. The summed E-state index contributed by atoms with van der Waals surface area (Å²) in [5.74, 6) is 0.759. The van der Waals surface area contributed by atoms with Gasteiger partial charge in [0.1, 0.15) is 0 Å². The summed E-state index contributed by atoms with van der Waals surface area (Å²) >= 11 is 0. The average Bonchev–Trinajstić information content (AvgIpc) is 2.65. The van der Waals surface area contributed by atoms with Crippen LogP contribution in [-0.2, 0) is 4.74 Å². The van der Waals surface area contributed by atoms with Crippen molar-refractivity contribution in [2.45, 2.75) is 32.8 Å². The van der Waals surface area contributed by atoms with Crippen LogP contribution in [0.3, 0.4) is 0 Å². The zero-order chi connectivity index (χ0) is 11.1. The van der Waals surface area contributed by atoms with E-state index in [9.17, 15) is 0 Å². The second kappa shape index (κ2) is 7.20. The molecule has 1 fully saturated rings. The van der Waals surface area contributed by atoms with E-state index >= 15 is 0 Å². The lowest BCUT2D eigenvalue weighted by atomic mass is 10.2. The lowest BCUT2D eigenvalue weighted by Crippen LogP contribution is -2.28. The number of hydrogen-bond donors (Lipinski definition) is 1. The largest absolute Gasteiger partial charge is 0.380 e. The van der Waals surface area contributed by atoms with E-state index in [1.807, 2.05) is 7.11 Å². The van der Waals surface area contributed by atoms with Gasteiger partial charge < -0.3 is 15.0 Å². The average molecular weight is 214 g/mol. The Balaban J connectivity index is 1.92. The van der Waals surface area contributed by atoms with Crippen molar-refractivity contribution >= 4 is 0 Å². The van der Waals surface area contributed by atoms with E-state index in [1.165, 1.54) is 25.9 Å². The lowest BCUT2D eigenvalue weighted by Gasteiger charge is -2.15. The number of likely N-dealkylation sites (tertiary alicyclic amines) is 1. The molecule has 0 saturated carbocycles. The number of hydrogen-bond acceptors (Lipinski definition) is 3. The second-order valence-electron chi connectivity index (χ2n) is 4.90. The number of nitrogens with one attached hydrogen (secondary N) is 1. The Kier molecular flexibility index (Phi) is 6.22. The summed E-state index contributed by atoms with van der Waals surface area (Å²) in [6, 6.07) is 0. The van der Waals surface area contributed by atoms with Gasteiger partial charge in [0.05, 0.1) is 6.10 Å². The Morgan fingerprint density at radius 3 is 2.87 bits per heavy atom. The first kappa shape index (κ1) is 12.9. The van der Waals surface area contributed by atoms with E-state index in [-0.39, 0.29) is 0 Å². The molecule has 1 atom stereocenters. The molecule has 3 nitrogen and oxygen atoms in total. The van der Waals surface area contributed by atoms with Crippen molar-refractivity contribution in [3.63, 3.8) is 0 Å². The van der Waals surface area contributed by atoms with Crippen molar-refractivity contribution in [2.24, 2.45) is 5.92 Å². The van der Waals surface area contributed by atoms with Crippen LogP contribution in [0, 0.1) is 5.92 Å². The van der Waals surface area contributed by atoms with Gasteiger partial charge in [-0.15, -0.1) is 0 Å². The maximum Gasteiger partial charge on any atom is 0.0710 e. The maximum atomic E-state index is 5.34. The van der Waals surface area contributed by atoms with Gasteiger partial charge in [0, 0.05) is 20.2 Å². The van der Waals surface area contributed by atoms with Crippen LogP contribution in [-0.4, -0.2) is 50.8 Å². The Bertz CT molecular complexity index is 162. The van der Waals surface area contributed by atoms with Crippen molar-refractivity contribution in [3.05, 3.63) is 0 Å². The summed E-state index contributed by atoms with van der Waals surface area (Å²) in [6.45, 7) is 10.3. The van der Waals surface area contributed by atoms with Gasteiger partial charge in [-0.2, -0.15) is 0 Å². The molecule has 0 aromatic rings. The normalized spacial score (nSPS) is 22.8. The maximum absolute atomic E-state index is 5.34. The molecule has 0 aromatic carbocycles. The molecule has 0 amide bonds. The number of ether oxygens (including phenoxy) is 1. The van der Waals surface area contributed by atoms with Crippen molar-refractivity contribution < 1.29 is 4.74 Å². The van der Waals surface area contributed by atoms with Crippen LogP contribution in [0.2, 0.25) is 0 Å². The summed E-state index contributed by atoms with van der Waals surface area (Å²) in [5, 5.41) is 3.48. The molecule has 90 valence electrons. The summed E-state index contributed by atoms with van der Waals surface area (Å²) in [5.41, 5.74) is 0. The van der Waals surface area contributed by atoms with E-state index in [1.54, 1.807) is 0 Å². The molecule has 1 aliphatic heterocycles. The predicted octanol–water partition coefficient (Wildman–Crippen LogP) is 1.34. The smallest absolute Gasteiger partial charge is 0.0710 e. The number of methoxy groups -OCH3 is 1. The van der Waals surface area contributed by atoms with Gasteiger partial charge >= 0.3 is 0 Å². The van der Waals surface area contributed by atoms with Crippen molar-refractivity contribution in [1.29, 1.82) is 0 Å². The Morgan fingerprint density at radius 1 is 1.47 bits per heavy atom. The molecule has 0 spiro atoms. The molecule has 0 bridgehead atoms. The zero-order valence-corrected chi connectivity index (χ0v) is 10.5. The number of nitrogens with zero attached hydrogens (tertiary/aromatic N) is 1. The quantitative estimate of drug-likeness (QED) is 0.647. The molecule has 1 unspecified atom stereocenters. The molecular formula is C12H26N2O. The first-order valence-corrected chi connectivity index (χ1v) is 6.18. The van der Waals surface area contributed by atoms with E-state index in [0.717, 1.165) is 25.6 Å². The summed E-state index contributed by atoms with van der Waals surface area (Å²) in [4.78, 5) is 2.51. The SMILES string of the molecule is COC1CCN(CCCNCC(C)C)C1. The fraction of sp³-hybridized carbons (Fsp3) is 1.00. The van der Waals surface area contributed by atoms with Gasteiger partial charge in [-0.05, 0) is 38.4 Å². The standard InChI is InChI=1S/C12H26N2O/c1-11(2)9-13-6-4-7-14-8-5-12(10-14)15-3/h11-13H,4-10H2,1-3H3. The van der Waals surface area contributed by atoms with Crippen molar-refractivity contribution in [1.82, 2.24) is 10.2 Å². The van der Waals surface area contributed by atoms with Gasteiger partial charge in [-0.25, -0.2) is 0 Å². The highest BCUT2D eigenvalue weighted by Crippen LogP contribution is 2.11. The molecule has 1 N–H and O–H groups in total. The second-order valence-corrected chi connectivity index (χ2v) is 4.90.